The van der Waals surface area contributed by atoms with Gasteiger partial charge in [0, 0.05) is 17.5 Å². The zero-order valence-corrected chi connectivity index (χ0v) is 13.2. The predicted molar refractivity (Wildman–Crippen MR) is 85.1 cm³/mol. The number of nitrogens with zero attached hydrogens (tertiary/aromatic N) is 2. The van der Waals surface area contributed by atoms with Crippen LogP contribution in [0.1, 0.15) is 45.1 Å². The van der Waals surface area contributed by atoms with E-state index in [2.05, 4.69) is 30.7 Å². The number of pyridine rings is 2. The van der Waals surface area contributed by atoms with E-state index in [1.807, 2.05) is 18.2 Å². The third-order valence-corrected chi connectivity index (χ3v) is 3.33. The number of hydrogen-bond acceptors (Lipinski definition) is 4. The van der Waals surface area contributed by atoms with Gasteiger partial charge in [0.05, 0.1) is 13.2 Å². The molecule has 0 spiro atoms. The van der Waals surface area contributed by atoms with Crippen molar-refractivity contribution in [2.24, 2.45) is 0 Å². The van der Waals surface area contributed by atoms with E-state index in [4.69, 9.17) is 9.47 Å². The smallest absolute Gasteiger partial charge is 0.215 e. The van der Waals surface area contributed by atoms with Crippen LogP contribution in [0.3, 0.4) is 0 Å². The van der Waals surface area contributed by atoms with E-state index < -0.39 is 0 Å². The molecule has 0 aromatic carbocycles. The van der Waals surface area contributed by atoms with Crippen molar-refractivity contribution in [2.45, 2.75) is 46.5 Å². The van der Waals surface area contributed by atoms with Gasteiger partial charge in [-0.2, -0.15) is 9.97 Å². The molecule has 0 aliphatic heterocycles. The molecule has 2 aromatic rings. The number of hydrogen-bond donors (Lipinski definition) is 0. The maximum Gasteiger partial charge on any atom is 0.215 e. The number of unbranched alkanes of at least 4 members (excludes halogenated alkanes) is 2. The lowest BCUT2D eigenvalue weighted by Gasteiger charge is -2.09. The van der Waals surface area contributed by atoms with Gasteiger partial charge in [-0.05, 0) is 31.4 Å². The number of aromatic nitrogens is 2. The molecular formula is C17H24N2O2. The van der Waals surface area contributed by atoms with Crippen LogP contribution in [0.5, 0.6) is 11.8 Å². The summed E-state index contributed by atoms with van der Waals surface area (Å²) in [4.78, 5) is 8.97. The van der Waals surface area contributed by atoms with E-state index in [0.29, 0.717) is 30.6 Å². The van der Waals surface area contributed by atoms with Gasteiger partial charge in [0.25, 0.3) is 0 Å². The predicted octanol–water partition coefficient (Wildman–Crippen LogP) is 4.30. The van der Waals surface area contributed by atoms with Gasteiger partial charge in [0.15, 0.2) is 5.65 Å². The topological polar surface area (TPSA) is 44.2 Å². The summed E-state index contributed by atoms with van der Waals surface area (Å²) in [5, 5.41) is 1.04. The summed E-state index contributed by atoms with van der Waals surface area (Å²) < 4.78 is 11.3. The lowest BCUT2D eigenvalue weighted by atomic mass is 10.2. The Morgan fingerprint density at radius 1 is 0.905 bits per heavy atom. The summed E-state index contributed by atoms with van der Waals surface area (Å²) in [6.07, 6.45) is 4.29. The third kappa shape index (κ3) is 4.31. The van der Waals surface area contributed by atoms with Crippen molar-refractivity contribution in [3.05, 3.63) is 23.8 Å². The van der Waals surface area contributed by atoms with Crippen LogP contribution in [0.15, 0.2) is 18.2 Å². The Morgan fingerprint density at radius 2 is 1.52 bits per heavy atom. The number of ether oxygens (including phenoxy) is 2. The van der Waals surface area contributed by atoms with Gasteiger partial charge in [-0.15, -0.1) is 0 Å². The zero-order valence-electron chi connectivity index (χ0n) is 13.2. The molecule has 0 saturated carbocycles. The molecule has 0 saturated heterocycles. The van der Waals surface area contributed by atoms with Crippen LogP contribution in [0.4, 0.5) is 0 Å². The number of aryl methyl sites for hydroxylation is 1. The van der Waals surface area contributed by atoms with Gasteiger partial charge >= 0.3 is 0 Å². The van der Waals surface area contributed by atoms with Crippen LogP contribution in [0, 0.1) is 6.92 Å². The van der Waals surface area contributed by atoms with Crippen LogP contribution >= 0.6 is 0 Å². The Hall–Kier alpha value is -1.84. The fourth-order valence-electron chi connectivity index (χ4n) is 2.02. The van der Waals surface area contributed by atoms with Crippen LogP contribution in [0.2, 0.25) is 0 Å². The minimum absolute atomic E-state index is 0.633. The second-order valence-electron chi connectivity index (χ2n) is 5.20. The average Bonchev–Trinajstić information content (AvgIpc) is 2.47. The van der Waals surface area contributed by atoms with E-state index in [-0.39, 0.29) is 0 Å². The van der Waals surface area contributed by atoms with E-state index in [9.17, 15) is 0 Å². The van der Waals surface area contributed by atoms with Gasteiger partial charge in [0.2, 0.25) is 11.8 Å². The summed E-state index contributed by atoms with van der Waals surface area (Å²) in [6, 6.07) is 5.89. The number of rotatable bonds is 8. The van der Waals surface area contributed by atoms with Crippen LogP contribution in [-0.4, -0.2) is 23.2 Å². The van der Waals surface area contributed by atoms with Crippen molar-refractivity contribution in [1.82, 2.24) is 9.97 Å². The molecule has 0 amide bonds. The Labute approximate surface area is 126 Å². The van der Waals surface area contributed by atoms with E-state index >= 15 is 0 Å². The largest absolute Gasteiger partial charge is 0.478 e. The van der Waals surface area contributed by atoms with Crippen molar-refractivity contribution >= 4 is 11.0 Å². The molecule has 0 bridgehead atoms. The van der Waals surface area contributed by atoms with Crippen LogP contribution in [-0.2, 0) is 0 Å². The highest BCUT2D eigenvalue weighted by molar-refractivity contribution is 5.79. The molecule has 0 aliphatic carbocycles. The Bertz CT molecular complexity index is 579. The summed E-state index contributed by atoms with van der Waals surface area (Å²) in [5.41, 5.74) is 1.81. The summed E-state index contributed by atoms with van der Waals surface area (Å²) in [5.74, 6) is 1.28. The van der Waals surface area contributed by atoms with Crippen molar-refractivity contribution in [2.75, 3.05) is 13.2 Å². The van der Waals surface area contributed by atoms with Crippen molar-refractivity contribution in [1.29, 1.82) is 0 Å². The molecule has 21 heavy (non-hydrogen) atoms. The highest BCUT2D eigenvalue weighted by atomic mass is 16.5. The van der Waals surface area contributed by atoms with E-state index in [1.165, 1.54) is 0 Å². The molecule has 4 nitrogen and oxygen atoms in total. The van der Waals surface area contributed by atoms with Crippen LogP contribution < -0.4 is 9.47 Å². The SMILES string of the molecule is CCCCOc1ccc2c(C)cc(OCCCC)nc2n1. The molecular weight excluding hydrogens is 264 g/mol. The Morgan fingerprint density at radius 3 is 2.19 bits per heavy atom. The monoisotopic (exact) mass is 288 g/mol. The second kappa shape index (κ2) is 7.81. The summed E-state index contributed by atoms with van der Waals surface area (Å²) in [7, 11) is 0. The zero-order chi connectivity index (χ0) is 15.1. The van der Waals surface area contributed by atoms with Gasteiger partial charge in [0.1, 0.15) is 0 Å². The first kappa shape index (κ1) is 15.5. The van der Waals surface area contributed by atoms with Crippen molar-refractivity contribution in [3.8, 4) is 11.8 Å². The molecule has 4 heteroatoms. The molecule has 0 N–H and O–H groups in total. The molecule has 2 heterocycles. The molecule has 2 rings (SSSR count). The lowest BCUT2D eigenvalue weighted by molar-refractivity contribution is 0.295. The minimum Gasteiger partial charge on any atom is -0.478 e. The Balaban J connectivity index is 2.18. The summed E-state index contributed by atoms with van der Waals surface area (Å²) in [6.45, 7) is 7.73. The lowest BCUT2D eigenvalue weighted by Crippen LogP contribution is -2.02. The van der Waals surface area contributed by atoms with E-state index in [1.54, 1.807) is 0 Å². The Kier molecular flexibility index (Phi) is 5.78. The molecule has 0 aliphatic rings. The molecule has 114 valence electrons. The maximum absolute atomic E-state index is 5.68. The van der Waals surface area contributed by atoms with E-state index in [0.717, 1.165) is 36.6 Å². The van der Waals surface area contributed by atoms with Crippen LogP contribution in [0.25, 0.3) is 11.0 Å². The first-order valence-electron chi connectivity index (χ1n) is 7.78. The van der Waals surface area contributed by atoms with Crippen molar-refractivity contribution in [3.63, 3.8) is 0 Å². The molecule has 0 radical (unpaired) electrons. The first-order chi connectivity index (χ1) is 10.2. The fraction of sp³-hybridized carbons (Fsp3) is 0.529. The average molecular weight is 288 g/mol. The normalized spacial score (nSPS) is 10.8. The van der Waals surface area contributed by atoms with Gasteiger partial charge in [-0.3, -0.25) is 0 Å². The minimum atomic E-state index is 0.633. The fourth-order valence-corrected chi connectivity index (χ4v) is 2.02. The first-order valence-corrected chi connectivity index (χ1v) is 7.78. The van der Waals surface area contributed by atoms with Gasteiger partial charge in [-0.1, -0.05) is 26.7 Å². The quantitative estimate of drug-likeness (QED) is 0.679. The maximum atomic E-state index is 5.68. The standard InChI is InChI=1S/C17H24N2O2/c1-4-6-10-20-15-9-8-14-13(3)12-16(19-17(14)18-15)21-11-7-5-2/h8-9,12H,4-7,10-11H2,1-3H3. The third-order valence-electron chi connectivity index (χ3n) is 3.33. The molecule has 0 atom stereocenters. The highest BCUT2D eigenvalue weighted by Gasteiger charge is 2.07. The second-order valence-corrected chi connectivity index (χ2v) is 5.20. The van der Waals surface area contributed by atoms with Gasteiger partial charge < -0.3 is 9.47 Å². The molecule has 0 fully saturated rings. The summed E-state index contributed by atoms with van der Waals surface area (Å²) >= 11 is 0. The van der Waals surface area contributed by atoms with Gasteiger partial charge in [-0.25, -0.2) is 0 Å². The highest BCUT2D eigenvalue weighted by Crippen LogP contribution is 2.22. The molecule has 2 aromatic heterocycles. The van der Waals surface area contributed by atoms with Crippen molar-refractivity contribution < 1.29 is 9.47 Å². The number of fused-ring (bicyclic) bond motifs is 1. The molecule has 0 unspecified atom stereocenters.